The predicted octanol–water partition coefficient (Wildman–Crippen LogP) is 5.63. The van der Waals surface area contributed by atoms with Crippen molar-refractivity contribution in [1.82, 2.24) is 0 Å². The number of hydrogen-bond acceptors (Lipinski definition) is 3. The number of halogens is 2. The Kier molecular flexibility index (Phi) is 4.86. The van der Waals surface area contributed by atoms with Crippen LogP contribution in [0.25, 0.3) is 11.1 Å². The molecule has 25 heavy (non-hydrogen) atoms. The molecule has 1 heterocycles. The molecule has 1 N–H and O–H groups in total. The molecule has 0 radical (unpaired) electrons. The normalized spacial score (nSPS) is 11.5. The SMILES string of the molecule is Cc1cc(-c2cscc2NS(=O)(=O)c2cccc(Cl)c2C)ccc1F. The zero-order valence-electron chi connectivity index (χ0n) is 13.5. The van der Waals surface area contributed by atoms with Crippen LogP contribution in [0.4, 0.5) is 10.1 Å². The molecule has 0 spiro atoms. The standard InChI is InChI=1S/C18H15ClFNO2S2/c1-11-8-13(6-7-16(11)20)14-9-24-10-17(14)21-25(22,23)18-5-3-4-15(19)12(18)2/h3-10,21H,1-2H3. The molecule has 0 unspecified atom stereocenters. The second-order valence-corrected chi connectivity index (χ2v) is 8.43. The third-order valence-electron chi connectivity index (χ3n) is 3.88. The Morgan fingerprint density at radius 1 is 1.12 bits per heavy atom. The Hall–Kier alpha value is -1.89. The van der Waals surface area contributed by atoms with E-state index in [9.17, 15) is 12.8 Å². The highest BCUT2D eigenvalue weighted by atomic mass is 35.5. The minimum atomic E-state index is -3.79. The number of benzene rings is 2. The topological polar surface area (TPSA) is 46.2 Å². The van der Waals surface area contributed by atoms with Crippen LogP contribution in [0.5, 0.6) is 0 Å². The summed E-state index contributed by atoms with van der Waals surface area (Å²) in [5, 5.41) is 3.93. The highest BCUT2D eigenvalue weighted by Gasteiger charge is 2.20. The van der Waals surface area contributed by atoms with Gasteiger partial charge in [0.05, 0.1) is 10.6 Å². The van der Waals surface area contributed by atoms with Gasteiger partial charge < -0.3 is 0 Å². The average molecular weight is 396 g/mol. The third-order valence-corrected chi connectivity index (χ3v) is 6.55. The molecule has 7 heteroatoms. The first-order chi connectivity index (χ1) is 11.8. The lowest BCUT2D eigenvalue weighted by Crippen LogP contribution is -2.14. The van der Waals surface area contributed by atoms with Gasteiger partial charge in [-0.25, -0.2) is 12.8 Å². The lowest BCUT2D eigenvalue weighted by Gasteiger charge is -2.12. The number of rotatable bonds is 4. The number of anilines is 1. The van der Waals surface area contributed by atoms with Gasteiger partial charge in [-0.2, -0.15) is 0 Å². The molecule has 3 aromatic rings. The molecule has 1 aromatic heterocycles. The molecule has 0 saturated heterocycles. The van der Waals surface area contributed by atoms with E-state index in [1.54, 1.807) is 43.5 Å². The fourth-order valence-corrected chi connectivity index (χ4v) is 4.92. The third kappa shape index (κ3) is 3.56. The van der Waals surface area contributed by atoms with Crippen molar-refractivity contribution in [3.63, 3.8) is 0 Å². The Labute approximate surface area is 155 Å². The molecule has 0 bridgehead atoms. The van der Waals surface area contributed by atoms with Crippen LogP contribution < -0.4 is 4.72 Å². The highest BCUT2D eigenvalue weighted by Crippen LogP contribution is 2.34. The molecule has 0 amide bonds. The van der Waals surface area contributed by atoms with Crippen molar-refractivity contribution >= 4 is 38.6 Å². The van der Waals surface area contributed by atoms with Crippen LogP contribution in [0.15, 0.2) is 52.1 Å². The Bertz CT molecular complexity index is 1040. The van der Waals surface area contributed by atoms with Gasteiger partial charge in [0.25, 0.3) is 10.0 Å². The number of aryl methyl sites for hydroxylation is 1. The predicted molar refractivity (Wildman–Crippen MR) is 101 cm³/mol. The molecule has 3 rings (SSSR count). The van der Waals surface area contributed by atoms with E-state index in [1.807, 2.05) is 5.38 Å². The zero-order chi connectivity index (χ0) is 18.2. The lowest BCUT2D eigenvalue weighted by molar-refractivity contribution is 0.600. The molecule has 0 aliphatic carbocycles. The van der Waals surface area contributed by atoms with Gasteiger partial charge in [-0.1, -0.05) is 23.7 Å². The van der Waals surface area contributed by atoms with E-state index < -0.39 is 10.0 Å². The molecule has 0 atom stereocenters. The van der Waals surface area contributed by atoms with Crippen molar-refractivity contribution < 1.29 is 12.8 Å². The zero-order valence-corrected chi connectivity index (χ0v) is 15.9. The summed E-state index contributed by atoms with van der Waals surface area (Å²) in [6.45, 7) is 3.33. The van der Waals surface area contributed by atoms with Crippen LogP contribution in [-0.4, -0.2) is 8.42 Å². The summed E-state index contributed by atoms with van der Waals surface area (Å²) < 4.78 is 41.6. The maximum absolute atomic E-state index is 13.5. The van der Waals surface area contributed by atoms with Gasteiger partial charge in [0.15, 0.2) is 0 Å². The Balaban J connectivity index is 2.01. The average Bonchev–Trinajstić information content (AvgIpc) is 3.00. The molecule has 3 nitrogen and oxygen atoms in total. The molecule has 0 aliphatic heterocycles. The summed E-state index contributed by atoms with van der Waals surface area (Å²) in [6, 6.07) is 9.46. The number of nitrogens with one attached hydrogen (secondary N) is 1. The maximum atomic E-state index is 13.5. The monoisotopic (exact) mass is 395 g/mol. The maximum Gasteiger partial charge on any atom is 0.262 e. The van der Waals surface area contributed by atoms with Crippen LogP contribution in [-0.2, 0) is 10.0 Å². The van der Waals surface area contributed by atoms with Gasteiger partial charge in [0.2, 0.25) is 0 Å². The fourth-order valence-electron chi connectivity index (χ4n) is 2.49. The van der Waals surface area contributed by atoms with Gasteiger partial charge in [0, 0.05) is 21.3 Å². The highest BCUT2D eigenvalue weighted by molar-refractivity contribution is 7.92. The van der Waals surface area contributed by atoms with Gasteiger partial charge in [-0.3, -0.25) is 4.72 Å². The summed E-state index contributed by atoms with van der Waals surface area (Å²) >= 11 is 7.40. The quantitative estimate of drug-likeness (QED) is 0.622. The molecular weight excluding hydrogens is 381 g/mol. The first-order valence-electron chi connectivity index (χ1n) is 7.40. The van der Waals surface area contributed by atoms with Crippen molar-refractivity contribution in [2.24, 2.45) is 0 Å². The summed E-state index contributed by atoms with van der Waals surface area (Å²) in [4.78, 5) is 0.132. The molecule has 2 aromatic carbocycles. The second-order valence-electron chi connectivity index (χ2n) is 5.63. The number of hydrogen-bond donors (Lipinski definition) is 1. The first-order valence-corrected chi connectivity index (χ1v) is 10.2. The van der Waals surface area contributed by atoms with Gasteiger partial charge in [-0.05, 0) is 54.8 Å². The van der Waals surface area contributed by atoms with E-state index in [0.717, 1.165) is 5.56 Å². The number of sulfonamides is 1. The van der Waals surface area contributed by atoms with E-state index in [2.05, 4.69) is 4.72 Å². The smallest absolute Gasteiger partial charge is 0.262 e. The van der Waals surface area contributed by atoms with Crippen molar-refractivity contribution in [1.29, 1.82) is 0 Å². The van der Waals surface area contributed by atoms with Crippen LogP contribution in [0, 0.1) is 19.7 Å². The summed E-state index contributed by atoms with van der Waals surface area (Å²) in [5.74, 6) is -0.296. The Morgan fingerprint density at radius 2 is 1.88 bits per heavy atom. The van der Waals surface area contributed by atoms with Crippen molar-refractivity contribution in [3.05, 3.63) is 69.1 Å². The molecule has 0 saturated carbocycles. The van der Waals surface area contributed by atoms with E-state index in [0.29, 0.717) is 27.4 Å². The molecular formula is C18H15ClFNO2S2. The minimum Gasteiger partial charge on any atom is -0.278 e. The van der Waals surface area contributed by atoms with Crippen LogP contribution >= 0.6 is 22.9 Å². The van der Waals surface area contributed by atoms with Crippen molar-refractivity contribution in [2.75, 3.05) is 4.72 Å². The summed E-state index contributed by atoms with van der Waals surface area (Å²) in [7, 11) is -3.79. The van der Waals surface area contributed by atoms with E-state index >= 15 is 0 Å². The second kappa shape index (κ2) is 6.78. The summed E-state index contributed by atoms with van der Waals surface area (Å²) in [5.41, 5.74) is 2.90. The number of thiophene rings is 1. The van der Waals surface area contributed by atoms with E-state index in [1.165, 1.54) is 23.5 Å². The molecule has 0 aliphatic rings. The minimum absolute atomic E-state index is 0.132. The van der Waals surface area contributed by atoms with Gasteiger partial charge in [-0.15, -0.1) is 11.3 Å². The lowest BCUT2D eigenvalue weighted by atomic mass is 10.1. The molecule has 130 valence electrons. The van der Waals surface area contributed by atoms with Gasteiger partial charge in [0.1, 0.15) is 5.82 Å². The van der Waals surface area contributed by atoms with E-state index in [-0.39, 0.29) is 10.7 Å². The van der Waals surface area contributed by atoms with Crippen molar-refractivity contribution in [3.8, 4) is 11.1 Å². The fraction of sp³-hybridized carbons (Fsp3) is 0.111. The largest absolute Gasteiger partial charge is 0.278 e. The van der Waals surface area contributed by atoms with Crippen LogP contribution in [0.3, 0.4) is 0 Å². The summed E-state index contributed by atoms with van der Waals surface area (Å²) in [6.07, 6.45) is 0. The molecule has 0 fully saturated rings. The van der Waals surface area contributed by atoms with Gasteiger partial charge >= 0.3 is 0 Å². The van der Waals surface area contributed by atoms with Crippen molar-refractivity contribution in [2.45, 2.75) is 18.7 Å². The first kappa shape index (κ1) is 17.9. The van der Waals surface area contributed by atoms with E-state index in [4.69, 9.17) is 11.6 Å². The van der Waals surface area contributed by atoms with Crippen LogP contribution in [0.1, 0.15) is 11.1 Å². The Morgan fingerprint density at radius 3 is 2.60 bits per heavy atom. The van der Waals surface area contributed by atoms with Crippen LogP contribution in [0.2, 0.25) is 5.02 Å².